The van der Waals surface area contributed by atoms with Crippen LogP contribution in [-0.2, 0) is 42.9 Å². The standard InChI is InChI=1S/C26H43N3O9/c1-23(2,3)19(30)34-13-14(28-29-27)15-16(36-20(31)24(4,5)6)17(37-21(32)25(7,8)9)18(35-15)38-22(33)26(10,11)12/h14-18H,13H2,1-12H3/t14-,15+,16+,17-,18+/m1/s1. The van der Waals surface area contributed by atoms with E-state index in [1.165, 1.54) is 0 Å². The number of nitrogens with zero attached hydrogens (tertiary/aromatic N) is 3. The molecule has 12 nitrogen and oxygen atoms in total. The summed E-state index contributed by atoms with van der Waals surface area (Å²) in [4.78, 5) is 53.8. The lowest BCUT2D eigenvalue weighted by Gasteiger charge is -2.30. The van der Waals surface area contributed by atoms with Crippen LogP contribution in [0.1, 0.15) is 83.1 Å². The van der Waals surface area contributed by atoms with Crippen molar-refractivity contribution < 1.29 is 42.9 Å². The Kier molecular flexibility index (Phi) is 10.4. The Morgan fingerprint density at radius 1 is 0.711 bits per heavy atom. The fourth-order valence-electron chi connectivity index (χ4n) is 2.83. The largest absolute Gasteiger partial charge is 0.465 e. The average molecular weight is 542 g/mol. The monoisotopic (exact) mass is 541 g/mol. The number of rotatable bonds is 7. The number of carbonyl (C=O) groups is 4. The number of ether oxygens (including phenoxy) is 5. The summed E-state index contributed by atoms with van der Waals surface area (Å²) in [6.45, 7) is 19.2. The highest BCUT2D eigenvalue weighted by molar-refractivity contribution is 5.78. The summed E-state index contributed by atoms with van der Waals surface area (Å²) in [6, 6.07) is -1.21. The van der Waals surface area contributed by atoms with E-state index in [4.69, 9.17) is 23.7 Å². The molecule has 1 rings (SSSR count). The Balaban J connectivity index is 3.57. The predicted octanol–water partition coefficient (Wildman–Crippen LogP) is 4.48. The summed E-state index contributed by atoms with van der Waals surface area (Å²) in [7, 11) is 0. The van der Waals surface area contributed by atoms with E-state index in [2.05, 4.69) is 10.0 Å². The summed E-state index contributed by atoms with van der Waals surface area (Å²) >= 11 is 0. The lowest BCUT2D eigenvalue weighted by atomic mass is 9.95. The number of hydrogen-bond acceptors (Lipinski definition) is 10. The van der Waals surface area contributed by atoms with Crippen LogP contribution in [0.25, 0.3) is 10.4 Å². The molecule has 1 aliphatic rings. The van der Waals surface area contributed by atoms with E-state index < -0.39 is 82.8 Å². The number of carbonyl (C=O) groups excluding carboxylic acids is 4. The molecule has 0 spiro atoms. The predicted molar refractivity (Wildman–Crippen MR) is 136 cm³/mol. The second kappa shape index (κ2) is 11.9. The maximum absolute atomic E-state index is 12.9. The number of esters is 4. The zero-order chi connectivity index (χ0) is 29.9. The third-order valence-electron chi connectivity index (χ3n) is 5.33. The first-order valence-electron chi connectivity index (χ1n) is 12.5. The van der Waals surface area contributed by atoms with E-state index in [0.717, 1.165) is 0 Å². The highest BCUT2D eigenvalue weighted by atomic mass is 16.7. The summed E-state index contributed by atoms with van der Waals surface area (Å²) in [5.41, 5.74) is 5.54. The maximum Gasteiger partial charge on any atom is 0.313 e. The molecular formula is C26H43N3O9. The van der Waals surface area contributed by atoms with Gasteiger partial charge in [-0.1, -0.05) is 5.11 Å². The van der Waals surface area contributed by atoms with Crippen LogP contribution < -0.4 is 0 Å². The van der Waals surface area contributed by atoms with Gasteiger partial charge in [0.05, 0.1) is 21.7 Å². The molecule has 216 valence electrons. The first-order chi connectivity index (χ1) is 17.0. The van der Waals surface area contributed by atoms with Gasteiger partial charge in [0.25, 0.3) is 0 Å². The highest BCUT2D eigenvalue weighted by Crippen LogP contribution is 2.35. The maximum atomic E-state index is 12.9. The van der Waals surface area contributed by atoms with E-state index >= 15 is 0 Å². The molecule has 0 bridgehead atoms. The van der Waals surface area contributed by atoms with Crippen molar-refractivity contribution in [3.05, 3.63) is 10.4 Å². The van der Waals surface area contributed by atoms with Gasteiger partial charge in [-0.15, -0.1) is 0 Å². The molecule has 1 fully saturated rings. The van der Waals surface area contributed by atoms with Crippen molar-refractivity contribution >= 4 is 23.9 Å². The van der Waals surface area contributed by atoms with Crippen molar-refractivity contribution in [3.63, 3.8) is 0 Å². The Morgan fingerprint density at radius 3 is 1.50 bits per heavy atom. The molecule has 0 aromatic carbocycles. The Labute approximate surface area is 224 Å². The van der Waals surface area contributed by atoms with Gasteiger partial charge in [0, 0.05) is 4.91 Å². The van der Waals surface area contributed by atoms with Crippen molar-refractivity contribution in [2.24, 2.45) is 26.8 Å². The van der Waals surface area contributed by atoms with E-state index in [-0.39, 0.29) is 0 Å². The van der Waals surface area contributed by atoms with Gasteiger partial charge in [0.1, 0.15) is 18.8 Å². The van der Waals surface area contributed by atoms with Gasteiger partial charge in [0.2, 0.25) is 12.4 Å². The first kappa shape index (κ1) is 33.2. The minimum atomic E-state index is -1.49. The quantitative estimate of drug-likeness (QED) is 0.148. The third-order valence-corrected chi connectivity index (χ3v) is 5.33. The molecule has 38 heavy (non-hydrogen) atoms. The van der Waals surface area contributed by atoms with Crippen LogP contribution in [0.15, 0.2) is 5.11 Å². The molecule has 0 saturated carbocycles. The zero-order valence-corrected chi connectivity index (χ0v) is 24.6. The van der Waals surface area contributed by atoms with Crippen molar-refractivity contribution in [1.29, 1.82) is 0 Å². The van der Waals surface area contributed by atoms with Crippen molar-refractivity contribution in [2.45, 2.75) is 114 Å². The Morgan fingerprint density at radius 2 is 1.11 bits per heavy atom. The van der Waals surface area contributed by atoms with Gasteiger partial charge in [-0.3, -0.25) is 19.2 Å². The van der Waals surface area contributed by atoms with Crippen molar-refractivity contribution in [2.75, 3.05) is 6.61 Å². The smallest absolute Gasteiger partial charge is 0.313 e. The third kappa shape index (κ3) is 9.16. The van der Waals surface area contributed by atoms with Gasteiger partial charge in [0.15, 0.2) is 6.10 Å². The van der Waals surface area contributed by atoms with Crippen LogP contribution in [0.2, 0.25) is 0 Å². The molecule has 1 aliphatic heterocycles. The van der Waals surface area contributed by atoms with Crippen LogP contribution in [0, 0.1) is 21.7 Å². The van der Waals surface area contributed by atoms with Gasteiger partial charge in [-0.2, -0.15) is 0 Å². The van der Waals surface area contributed by atoms with Gasteiger partial charge in [-0.25, -0.2) is 0 Å². The molecular weight excluding hydrogens is 498 g/mol. The van der Waals surface area contributed by atoms with Crippen LogP contribution >= 0.6 is 0 Å². The summed E-state index contributed by atoms with van der Waals surface area (Å²) in [5.74, 6) is -2.56. The SMILES string of the molecule is CC(C)(C)C(=O)OC[C@@H](N=[N+]=[N-])[C@@H]1O[C@@H](OC(=O)C(C)(C)C)[C@H](OC(=O)C(C)(C)C)[C@H]1OC(=O)C(C)(C)C. The van der Waals surface area contributed by atoms with Gasteiger partial charge >= 0.3 is 23.9 Å². The number of azide groups is 1. The van der Waals surface area contributed by atoms with Crippen molar-refractivity contribution in [3.8, 4) is 0 Å². The number of hydrogen-bond donors (Lipinski definition) is 0. The van der Waals surface area contributed by atoms with Crippen LogP contribution in [-0.4, -0.2) is 61.1 Å². The first-order valence-corrected chi connectivity index (χ1v) is 12.5. The molecule has 0 aromatic rings. The van der Waals surface area contributed by atoms with Gasteiger partial charge < -0.3 is 23.7 Å². The molecule has 12 heteroatoms. The Bertz CT molecular complexity index is 945. The summed E-state index contributed by atoms with van der Waals surface area (Å²) in [5, 5.41) is 3.71. The molecule has 1 saturated heterocycles. The van der Waals surface area contributed by atoms with E-state index in [1.807, 2.05) is 0 Å². The topological polar surface area (TPSA) is 163 Å². The minimum Gasteiger partial charge on any atom is -0.465 e. The van der Waals surface area contributed by atoms with E-state index in [0.29, 0.717) is 0 Å². The van der Waals surface area contributed by atoms with Crippen LogP contribution in [0.4, 0.5) is 0 Å². The highest BCUT2D eigenvalue weighted by Gasteiger charge is 2.56. The van der Waals surface area contributed by atoms with E-state index in [1.54, 1.807) is 83.1 Å². The molecule has 0 radical (unpaired) electrons. The fourth-order valence-corrected chi connectivity index (χ4v) is 2.83. The lowest BCUT2D eigenvalue weighted by Crippen LogP contribution is -2.48. The molecule has 0 aromatic heterocycles. The molecule has 0 amide bonds. The molecule has 1 heterocycles. The lowest BCUT2D eigenvalue weighted by molar-refractivity contribution is -0.207. The summed E-state index contributed by atoms with van der Waals surface area (Å²) in [6.07, 6.45) is -5.51. The molecule has 0 unspecified atom stereocenters. The minimum absolute atomic E-state index is 0.422. The Hall–Kier alpha value is -2.85. The summed E-state index contributed by atoms with van der Waals surface area (Å²) < 4.78 is 28.3. The van der Waals surface area contributed by atoms with Crippen molar-refractivity contribution in [1.82, 2.24) is 0 Å². The molecule has 0 N–H and O–H groups in total. The second-order valence-electron chi connectivity index (χ2n) is 13.5. The molecule has 0 aliphatic carbocycles. The fraction of sp³-hybridized carbons (Fsp3) is 0.846. The normalized spacial score (nSPS) is 23.1. The van der Waals surface area contributed by atoms with Crippen LogP contribution in [0.5, 0.6) is 0 Å². The van der Waals surface area contributed by atoms with Gasteiger partial charge in [-0.05, 0) is 88.6 Å². The molecule has 5 atom stereocenters. The van der Waals surface area contributed by atoms with E-state index in [9.17, 15) is 24.7 Å². The average Bonchev–Trinajstić information content (AvgIpc) is 3.04. The second-order valence-corrected chi connectivity index (χ2v) is 13.5. The van der Waals surface area contributed by atoms with Crippen LogP contribution in [0.3, 0.4) is 0 Å². The zero-order valence-electron chi connectivity index (χ0n) is 24.6.